The molecule has 0 radical (unpaired) electrons. The molecule has 6 nitrogen and oxygen atoms in total. The van der Waals surface area contributed by atoms with E-state index in [4.69, 9.17) is 5.11 Å². The van der Waals surface area contributed by atoms with Crippen molar-refractivity contribution in [3.63, 3.8) is 0 Å². The second-order valence-electron chi connectivity index (χ2n) is 3.58. The van der Waals surface area contributed by atoms with Crippen LogP contribution in [0.2, 0.25) is 0 Å². The summed E-state index contributed by atoms with van der Waals surface area (Å²) in [4.78, 5) is 33.0. The van der Waals surface area contributed by atoms with Crippen molar-refractivity contribution in [3.05, 3.63) is 29.8 Å². The highest BCUT2D eigenvalue weighted by atomic mass is 19.1. The van der Waals surface area contributed by atoms with Gasteiger partial charge in [0.1, 0.15) is 23.4 Å². The summed E-state index contributed by atoms with van der Waals surface area (Å²) in [6.07, 6.45) is 0. The SMILES string of the molecule is CC(NC(=O)C(=O)Nc1c(F)cccc1F)C(=O)O. The number of rotatable bonds is 3. The molecule has 3 N–H and O–H groups in total. The molecule has 0 aromatic heterocycles. The van der Waals surface area contributed by atoms with E-state index in [9.17, 15) is 23.2 Å². The molecule has 1 unspecified atom stereocenters. The fourth-order valence-corrected chi connectivity index (χ4v) is 1.11. The van der Waals surface area contributed by atoms with E-state index in [1.54, 1.807) is 5.32 Å². The van der Waals surface area contributed by atoms with Crippen molar-refractivity contribution in [2.24, 2.45) is 0 Å². The van der Waals surface area contributed by atoms with Gasteiger partial charge in [-0.05, 0) is 19.1 Å². The van der Waals surface area contributed by atoms with Crippen LogP contribution in [-0.2, 0) is 14.4 Å². The van der Waals surface area contributed by atoms with Gasteiger partial charge in [0, 0.05) is 0 Å². The van der Waals surface area contributed by atoms with Crippen molar-refractivity contribution in [2.75, 3.05) is 5.32 Å². The van der Waals surface area contributed by atoms with Gasteiger partial charge in [-0.1, -0.05) is 6.07 Å². The number of carboxylic acids is 1. The Morgan fingerprint density at radius 1 is 1.16 bits per heavy atom. The molecule has 0 heterocycles. The lowest BCUT2D eigenvalue weighted by Crippen LogP contribution is -2.44. The summed E-state index contributed by atoms with van der Waals surface area (Å²) in [7, 11) is 0. The minimum atomic E-state index is -1.36. The van der Waals surface area contributed by atoms with Gasteiger partial charge >= 0.3 is 17.8 Å². The summed E-state index contributed by atoms with van der Waals surface area (Å²) in [6, 6.07) is 1.59. The highest BCUT2D eigenvalue weighted by molar-refractivity contribution is 6.40. The van der Waals surface area contributed by atoms with Gasteiger partial charge < -0.3 is 15.7 Å². The number of anilines is 1. The van der Waals surface area contributed by atoms with E-state index in [2.05, 4.69) is 0 Å². The molecule has 0 aliphatic carbocycles. The number of aliphatic carboxylic acids is 1. The molecule has 0 fully saturated rings. The van der Waals surface area contributed by atoms with Crippen LogP contribution in [0.3, 0.4) is 0 Å². The zero-order valence-corrected chi connectivity index (χ0v) is 9.74. The predicted octanol–water partition coefficient (Wildman–Crippen LogP) is 0.493. The number of halogens is 2. The lowest BCUT2D eigenvalue weighted by molar-refractivity contribution is -0.143. The quantitative estimate of drug-likeness (QED) is 0.698. The standard InChI is InChI=1S/C11H10F2N2O4/c1-5(11(18)19)14-9(16)10(17)15-8-6(12)3-2-4-7(8)13/h2-5H,1H3,(H,14,16)(H,15,17)(H,18,19). The van der Waals surface area contributed by atoms with Crippen LogP contribution in [0, 0.1) is 11.6 Å². The highest BCUT2D eigenvalue weighted by Gasteiger charge is 2.21. The first-order valence-corrected chi connectivity index (χ1v) is 5.11. The number of benzene rings is 1. The average Bonchev–Trinajstić information content (AvgIpc) is 2.33. The molecular formula is C11H10F2N2O4. The summed E-state index contributed by atoms with van der Waals surface area (Å²) >= 11 is 0. The van der Waals surface area contributed by atoms with Gasteiger partial charge in [0.2, 0.25) is 0 Å². The molecule has 8 heteroatoms. The molecule has 0 spiro atoms. The molecule has 0 saturated heterocycles. The third-order valence-corrected chi connectivity index (χ3v) is 2.13. The van der Waals surface area contributed by atoms with Crippen LogP contribution in [-0.4, -0.2) is 28.9 Å². The van der Waals surface area contributed by atoms with Crippen LogP contribution in [0.15, 0.2) is 18.2 Å². The largest absolute Gasteiger partial charge is 0.480 e. The van der Waals surface area contributed by atoms with Crippen molar-refractivity contribution in [1.29, 1.82) is 0 Å². The fourth-order valence-electron chi connectivity index (χ4n) is 1.11. The summed E-state index contributed by atoms with van der Waals surface area (Å²) in [6.45, 7) is 1.14. The molecule has 1 aromatic carbocycles. The minimum absolute atomic E-state index is 0.773. The van der Waals surface area contributed by atoms with Gasteiger partial charge in [-0.3, -0.25) is 14.4 Å². The van der Waals surface area contributed by atoms with E-state index in [0.29, 0.717) is 0 Å². The third kappa shape index (κ3) is 3.73. The number of carbonyl (C=O) groups excluding carboxylic acids is 2. The van der Waals surface area contributed by atoms with Crippen LogP contribution < -0.4 is 10.6 Å². The van der Waals surface area contributed by atoms with Gasteiger partial charge in [-0.25, -0.2) is 8.78 Å². The van der Waals surface area contributed by atoms with Crippen molar-refractivity contribution >= 4 is 23.5 Å². The number of hydrogen-bond donors (Lipinski definition) is 3. The molecule has 2 amide bonds. The second-order valence-corrected chi connectivity index (χ2v) is 3.58. The minimum Gasteiger partial charge on any atom is -0.480 e. The number of carbonyl (C=O) groups is 3. The summed E-state index contributed by atoms with van der Waals surface area (Å²) in [5, 5.41) is 12.1. The van der Waals surface area contributed by atoms with Crippen molar-refractivity contribution in [1.82, 2.24) is 5.32 Å². The van der Waals surface area contributed by atoms with Crippen molar-refractivity contribution < 1.29 is 28.3 Å². The molecule has 0 aliphatic heterocycles. The maximum Gasteiger partial charge on any atom is 0.325 e. The molecule has 1 aromatic rings. The van der Waals surface area contributed by atoms with Crippen LogP contribution in [0.1, 0.15) is 6.92 Å². The van der Waals surface area contributed by atoms with Gasteiger partial charge in [0.25, 0.3) is 0 Å². The molecule has 1 rings (SSSR count). The first-order valence-electron chi connectivity index (χ1n) is 5.11. The van der Waals surface area contributed by atoms with Crippen LogP contribution >= 0.6 is 0 Å². The van der Waals surface area contributed by atoms with E-state index < -0.39 is 41.1 Å². The number of nitrogens with one attached hydrogen (secondary N) is 2. The second kappa shape index (κ2) is 5.89. The third-order valence-electron chi connectivity index (χ3n) is 2.13. The maximum atomic E-state index is 13.2. The molecule has 19 heavy (non-hydrogen) atoms. The van der Waals surface area contributed by atoms with E-state index >= 15 is 0 Å². The lowest BCUT2D eigenvalue weighted by Gasteiger charge is -2.10. The molecule has 0 bridgehead atoms. The zero-order valence-electron chi connectivity index (χ0n) is 9.74. The van der Waals surface area contributed by atoms with E-state index in [-0.39, 0.29) is 0 Å². The van der Waals surface area contributed by atoms with Gasteiger partial charge in [0.15, 0.2) is 0 Å². The zero-order chi connectivity index (χ0) is 14.6. The van der Waals surface area contributed by atoms with E-state index in [0.717, 1.165) is 25.1 Å². The van der Waals surface area contributed by atoms with Crippen LogP contribution in [0.4, 0.5) is 14.5 Å². The first kappa shape index (κ1) is 14.6. The number of para-hydroxylation sites is 1. The Labute approximate surface area is 106 Å². The van der Waals surface area contributed by atoms with Crippen LogP contribution in [0.25, 0.3) is 0 Å². The number of amides is 2. The Balaban J connectivity index is 2.75. The molecule has 1 atom stereocenters. The average molecular weight is 272 g/mol. The first-order chi connectivity index (χ1) is 8.82. The highest BCUT2D eigenvalue weighted by Crippen LogP contribution is 2.17. The summed E-state index contributed by atoms with van der Waals surface area (Å²) in [5.74, 6) is -6.12. The Bertz CT molecular complexity index is 513. The summed E-state index contributed by atoms with van der Waals surface area (Å²) < 4.78 is 26.4. The normalized spacial score (nSPS) is 11.5. The number of hydrogen-bond acceptors (Lipinski definition) is 3. The topological polar surface area (TPSA) is 95.5 Å². The Morgan fingerprint density at radius 2 is 1.68 bits per heavy atom. The maximum absolute atomic E-state index is 13.2. The monoisotopic (exact) mass is 272 g/mol. The fraction of sp³-hybridized carbons (Fsp3) is 0.182. The van der Waals surface area contributed by atoms with E-state index in [1.165, 1.54) is 0 Å². The van der Waals surface area contributed by atoms with E-state index in [1.807, 2.05) is 5.32 Å². The van der Waals surface area contributed by atoms with Gasteiger partial charge in [-0.2, -0.15) is 0 Å². The lowest BCUT2D eigenvalue weighted by atomic mass is 10.3. The Morgan fingerprint density at radius 3 is 2.16 bits per heavy atom. The van der Waals surface area contributed by atoms with Crippen LogP contribution in [0.5, 0.6) is 0 Å². The molecule has 102 valence electrons. The molecule has 0 saturated carbocycles. The van der Waals surface area contributed by atoms with Gasteiger partial charge in [-0.15, -0.1) is 0 Å². The smallest absolute Gasteiger partial charge is 0.325 e. The number of carboxylic acid groups (broad SMARTS) is 1. The van der Waals surface area contributed by atoms with Crippen molar-refractivity contribution in [2.45, 2.75) is 13.0 Å². The Hall–Kier alpha value is -2.51. The Kier molecular flexibility index (Phi) is 4.51. The van der Waals surface area contributed by atoms with Crippen molar-refractivity contribution in [3.8, 4) is 0 Å². The predicted molar refractivity (Wildman–Crippen MR) is 60.2 cm³/mol. The summed E-state index contributed by atoms with van der Waals surface area (Å²) in [5.41, 5.74) is -0.773. The van der Waals surface area contributed by atoms with Gasteiger partial charge in [0.05, 0.1) is 0 Å². The molecule has 0 aliphatic rings. The molecular weight excluding hydrogens is 262 g/mol.